The molecule has 0 aromatic carbocycles. The Balaban J connectivity index is 0. The fraction of sp³-hybridized carbons (Fsp3) is 0.750. The average molecular weight is 343 g/mol. The molecular weight excluding hydrogens is 328 g/mol. The van der Waals surface area contributed by atoms with E-state index in [9.17, 15) is 9.59 Å². The molecular formula is C8H14Cl3NO7. The molecule has 0 fully saturated rings. The van der Waals surface area contributed by atoms with E-state index in [1.165, 1.54) is 0 Å². The van der Waals surface area contributed by atoms with Crippen molar-refractivity contribution in [1.29, 1.82) is 0 Å². The SMILES string of the molecule is NC(=O)C(Cl)(Cl)Cl.O=C[C@@H](O)[C@@H](O)[C@H](O)[C@H](O)CO. The fourth-order valence-corrected chi connectivity index (χ4v) is 0.618. The molecule has 8 nitrogen and oxygen atoms in total. The summed E-state index contributed by atoms with van der Waals surface area (Å²) in [5, 5.41) is 43.5. The van der Waals surface area contributed by atoms with Crippen LogP contribution in [0.5, 0.6) is 0 Å². The van der Waals surface area contributed by atoms with Crippen LogP contribution in [0.25, 0.3) is 0 Å². The number of hydrogen-bond acceptors (Lipinski definition) is 7. The van der Waals surface area contributed by atoms with E-state index in [1.807, 2.05) is 0 Å². The molecule has 0 rings (SSSR count). The maximum absolute atomic E-state index is 9.90. The van der Waals surface area contributed by atoms with Gasteiger partial charge in [0, 0.05) is 0 Å². The monoisotopic (exact) mass is 341 g/mol. The lowest BCUT2D eigenvalue weighted by molar-refractivity contribution is -0.136. The summed E-state index contributed by atoms with van der Waals surface area (Å²) in [6.07, 6.45) is -6.84. The molecule has 0 bridgehead atoms. The number of nitrogens with two attached hydrogens (primary N) is 1. The van der Waals surface area contributed by atoms with Crippen molar-refractivity contribution in [2.24, 2.45) is 5.73 Å². The molecule has 0 aliphatic carbocycles. The van der Waals surface area contributed by atoms with Crippen LogP contribution in [0, 0.1) is 0 Å². The molecule has 0 spiro atoms. The summed E-state index contributed by atoms with van der Waals surface area (Å²) < 4.78 is -1.94. The number of halogens is 3. The largest absolute Gasteiger partial charge is 0.394 e. The van der Waals surface area contributed by atoms with Crippen molar-refractivity contribution in [3.05, 3.63) is 0 Å². The van der Waals surface area contributed by atoms with Gasteiger partial charge in [0.25, 0.3) is 9.70 Å². The molecule has 0 saturated heterocycles. The molecule has 1 amide bonds. The van der Waals surface area contributed by atoms with E-state index in [2.05, 4.69) is 5.73 Å². The predicted octanol–water partition coefficient (Wildman–Crippen LogP) is -2.54. The van der Waals surface area contributed by atoms with Gasteiger partial charge >= 0.3 is 0 Å². The lowest BCUT2D eigenvalue weighted by Gasteiger charge is -2.22. The van der Waals surface area contributed by atoms with Crippen LogP contribution in [-0.2, 0) is 9.59 Å². The minimum atomic E-state index is -1.94. The van der Waals surface area contributed by atoms with Crippen molar-refractivity contribution in [2.45, 2.75) is 28.2 Å². The number of aliphatic hydroxyl groups is 5. The molecule has 0 aromatic heterocycles. The van der Waals surface area contributed by atoms with Gasteiger partial charge in [-0.2, -0.15) is 0 Å². The molecule has 19 heavy (non-hydrogen) atoms. The highest BCUT2D eigenvalue weighted by Gasteiger charge is 2.29. The van der Waals surface area contributed by atoms with E-state index in [-0.39, 0.29) is 6.29 Å². The maximum Gasteiger partial charge on any atom is 0.269 e. The number of amides is 1. The van der Waals surface area contributed by atoms with Gasteiger partial charge in [-0.1, -0.05) is 34.8 Å². The quantitative estimate of drug-likeness (QED) is 0.237. The second-order valence-corrected chi connectivity index (χ2v) is 5.50. The van der Waals surface area contributed by atoms with Crippen LogP contribution in [-0.4, -0.2) is 72.5 Å². The van der Waals surface area contributed by atoms with Crippen molar-refractivity contribution in [3.8, 4) is 0 Å². The number of hydrogen-bond donors (Lipinski definition) is 6. The third kappa shape index (κ3) is 9.36. The average Bonchev–Trinajstić information content (AvgIpc) is 2.34. The van der Waals surface area contributed by atoms with Gasteiger partial charge in [-0.25, -0.2) is 0 Å². The Hall–Kier alpha value is -0.190. The van der Waals surface area contributed by atoms with Crippen molar-refractivity contribution in [2.75, 3.05) is 6.61 Å². The Morgan fingerprint density at radius 2 is 1.53 bits per heavy atom. The number of aliphatic hydroxyl groups excluding tert-OH is 5. The summed E-state index contributed by atoms with van der Waals surface area (Å²) in [4.78, 5) is 19.7. The molecule has 0 heterocycles. The van der Waals surface area contributed by atoms with Crippen LogP contribution in [0.2, 0.25) is 0 Å². The predicted molar refractivity (Wildman–Crippen MR) is 66.7 cm³/mol. The minimum absolute atomic E-state index is 0.0258. The highest BCUT2D eigenvalue weighted by molar-refractivity contribution is 6.76. The van der Waals surface area contributed by atoms with Crippen LogP contribution >= 0.6 is 34.8 Å². The Kier molecular flexibility index (Phi) is 10.7. The second-order valence-electron chi connectivity index (χ2n) is 3.22. The highest BCUT2D eigenvalue weighted by Crippen LogP contribution is 2.24. The summed E-state index contributed by atoms with van der Waals surface area (Å²) in [5.41, 5.74) is 4.53. The first-order chi connectivity index (χ1) is 8.48. The third-order valence-corrected chi connectivity index (χ3v) is 2.26. The summed E-state index contributed by atoms with van der Waals surface area (Å²) in [5.74, 6) is -0.961. The molecule has 7 N–H and O–H groups in total. The lowest BCUT2D eigenvalue weighted by atomic mass is 10.0. The molecule has 0 aliphatic rings. The second kappa shape index (κ2) is 9.67. The molecule has 114 valence electrons. The molecule has 4 atom stereocenters. The molecule has 11 heteroatoms. The lowest BCUT2D eigenvalue weighted by Crippen LogP contribution is -2.46. The van der Waals surface area contributed by atoms with Crippen LogP contribution in [0.15, 0.2) is 0 Å². The van der Waals surface area contributed by atoms with Crippen LogP contribution in [0.4, 0.5) is 0 Å². The Labute approximate surface area is 123 Å². The number of carbonyl (C=O) groups is 2. The molecule has 0 aliphatic heterocycles. The number of alkyl halides is 3. The number of aldehydes is 1. The van der Waals surface area contributed by atoms with E-state index in [4.69, 9.17) is 60.3 Å². The van der Waals surface area contributed by atoms with Gasteiger partial charge in [-0.15, -0.1) is 0 Å². The highest BCUT2D eigenvalue weighted by atomic mass is 35.6. The molecule has 0 radical (unpaired) electrons. The van der Waals surface area contributed by atoms with Crippen molar-refractivity contribution < 1.29 is 35.1 Å². The Bertz CT molecular complexity index is 286. The molecule has 0 saturated carbocycles. The van der Waals surface area contributed by atoms with Crippen molar-refractivity contribution in [1.82, 2.24) is 0 Å². The molecule has 0 aromatic rings. The summed E-state index contributed by atoms with van der Waals surface area (Å²) in [6, 6.07) is 0. The zero-order chi connectivity index (χ0) is 15.8. The van der Waals surface area contributed by atoms with Gasteiger partial charge in [0.2, 0.25) is 0 Å². The first kappa shape index (κ1) is 21.1. The van der Waals surface area contributed by atoms with Crippen LogP contribution < -0.4 is 5.73 Å². The number of carbonyl (C=O) groups excluding carboxylic acids is 2. The smallest absolute Gasteiger partial charge is 0.269 e. The van der Waals surface area contributed by atoms with Gasteiger partial charge in [0.1, 0.15) is 24.4 Å². The third-order valence-electron chi connectivity index (χ3n) is 1.70. The summed E-state index contributed by atoms with van der Waals surface area (Å²) >= 11 is 14.8. The zero-order valence-electron chi connectivity index (χ0n) is 9.36. The van der Waals surface area contributed by atoms with E-state index in [0.717, 1.165) is 0 Å². The topological polar surface area (TPSA) is 161 Å². The first-order valence-corrected chi connectivity index (χ1v) is 5.77. The number of primary amides is 1. The van der Waals surface area contributed by atoms with Gasteiger partial charge < -0.3 is 36.1 Å². The summed E-state index contributed by atoms with van der Waals surface area (Å²) in [7, 11) is 0. The molecule has 0 unspecified atom stereocenters. The standard InChI is InChI=1S/C6H12O6.C2H2Cl3NO/c7-1-3(9)5(11)6(12)4(10)2-8;3-2(4,5)1(6)7/h1,3-6,8-12H,2H2;(H2,6,7)/t3-,4-,5-,6-;/m1./s1. The fourth-order valence-electron chi connectivity index (χ4n) is 0.618. The van der Waals surface area contributed by atoms with Gasteiger partial charge in [0.05, 0.1) is 6.61 Å². The minimum Gasteiger partial charge on any atom is -0.394 e. The van der Waals surface area contributed by atoms with Crippen LogP contribution in [0.3, 0.4) is 0 Å². The van der Waals surface area contributed by atoms with Crippen molar-refractivity contribution >= 4 is 47.0 Å². The van der Waals surface area contributed by atoms with Crippen LogP contribution in [0.1, 0.15) is 0 Å². The van der Waals surface area contributed by atoms with Gasteiger partial charge in [-0.05, 0) is 0 Å². The maximum atomic E-state index is 9.90. The van der Waals surface area contributed by atoms with E-state index < -0.39 is 40.7 Å². The van der Waals surface area contributed by atoms with E-state index >= 15 is 0 Å². The van der Waals surface area contributed by atoms with E-state index in [1.54, 1.807) is 0 Å². The van der Waals surface area contributed by atoms with Crippen molar-refractivity contribution in [3.63, 3.8) is 0 Å². The normalized spacial score (nSPS) is 17.5. The van der Waals surface area contributed by atoms with E-state index in [0.29, 0.717) is 0 Å². The first-order valence-electron chi connectivity index (χ1n) is 4.64. The number of rotatable bonds is 5. The van der Waals surface area contributed by atoms with Gasteiger partial charge in [-0.3, -0.25) is 4.79 Å². The Morgan fingerprint density at radius 3 is 1.74 bits per heavy atom. The van der Waals surface area contributed by atoms with Gasteiger partial charge in [0.15, 0.2) is 6.29 Å². The Morgan fingerprint density at radius 1 is 1.16 bits per heavy atom. The summed E-state index contributed by atoms with van der Waals surface area (Å²) in [6.45, 7) is -0.760. The zero-order valence-corrected chi connectivity index (χ0v) is 11.6.